The average molecular weight is 488 g/mol. The van der Waals surface area contributed by atoms with Crippen molar-refractivity contribution in [2.24, 2.45) is 0 Å². The molecule has 0 aliphatic heterocycles. The molecule has 1 saturated carbocycles. The van der Waals surface area contributed by atoms with E-state index >= 15 is 0 Å². The molecule has 1 aromatic rings. The van der Waals surface area contributed by atoms with E-state index in [2.05, 4.69) is 27.8 Å². The predicted octanol–water partition coefficient (Wildman–Crippen LogP) is 4.73. The average Bonchev–Trinajstić information content (AvgIpc) is 2.73. The molecule has 0 aromatic heterocycles. The summed E-state index contributed by atoms with van der Waals surface area (Å²) in [7, 11) is -1.75. The second-order valence-corrected chi connectivity index (χ2v) is 10.6. The first-order valence-corrected chi connectivity index (χ1v) is 12.8. The number of ether oxygens (including phenoxy) is 1. The van der Waals surface area contributed by atoms with E-state index in [4.69, 9.17) is 4.74 Å². The first-order valence-electron chi connectivity index (χ1n) is 10.6. The van der Waals surface area contributed by atoms with Gasteiger partial charge < -0.3 is 10.1 Å². The van der Waals surface area contributed by atoms with Crippen molar-refractivity contribution >= 4 is 26.0 Å². The predicted molar refractivity (Wildman–Crippen MR) is 123 cm³/mol. The molecule has 1 N–H and O–H groups in total. The fourth-order valence-corrected chi connectivity index (χ4v) is 5.38. The molecule has 5 nitrogen and oxygen atoms in total. The Bertz CT molecular complexity index is 701. The molecule has 0 radical (unpaired) electrons. The number of benzene rings is 1. The van der Waals surface area contributed by atoms with Gasteiger partial charge in [-0.05, 0) is 69.3 Å². The highest BCUT2D eigenvalue weighted by Crippen LogP contribution is 2.28. The van der Waals surface area contributed by atoms with Gasteiger partial charge in [-0.2, -0.15) is 4.31 Å². The van der Waals surface area contributed by atoms with Crippen molar-refractivity contribution in [2.75, 3.05) is 26.7 Å². The van der Waals surface area contributed by atoms with Crippen LogP contribution >= 0.6 is 15.9 Å². The van der Waals surface area contributed by atoms with Crippen LogP contribution in [0.1, 0.15) is 51.4 Å². The van der Waals surface area contributed by atoms with E-state index in [1.165, 1.54) is 19.3 Å². The lowest BCUT2D eigenvalue weighted by molar-refractivity contribution is 0.0157. The fourth-order valence-electron chi connectivity index (χ4n) is 3.70. The second kappa shape index (κ2) is 12.8. The Hall–Kier alpha value is -0.730. The van der Waals surface area contributed by atoms with Crippen LogP contribution in [0.25, 0.3) is 0 Å². The summed E-state index contributed by atoms with van der Waals surface area (Å²) in [5, 5.41) is 3.32. The second-order valence-electron chi connectivity index (χ2n) is 7.68. The van der Waals surface area contributed by atoms with Crippen molar-refractivity contribution in [3.63, 3.8) is 0 Å². The molecule has 0 spiro atoms. The molecular weight excluding hydrogens is 452 g/mol. The van der Waals surface area contributed by atoms with E-state index in [9.17, 15) is 8.42 Å². The van der Waals surface area contributed by atoms with Gasteiger partial charge in [0.05, 0.1) is 11.0 Å². The van der Waals surface area contributed by atoms with Gasteiger partial charge in [0.2, 0.25) is 10.0 Å². The number of hydrogen-bond acceptors (Lipinski definition) is 4. The Morgan fingerprint density at radius 1 is 1.14 bits per heavy atom. The molecule has 0 saturated heterocycles. The lowest BCUT2D eigenvalue weighted by Crippen LogP contribution is -2.40. The van der Waals surface area contributed by atoms with E-state index in [0.29, 0.717) is 4.90 Å². The summed E-state index contributed by atoms with van der Waals surface area (Å²) in [5.74, 6) is 0. The van der Waals surface area contributed by atoms with Gasteiger partial charge in [-0.25, -0.2) is 8.42 Å². The lowest BCUT2D eigenvalue weighted by Gasteiger charge is -2.34. The molecule has 0 atom stereocenters. The first kappa shape index (κ1) is 24.5. The topological polar surface area (TPSA) is 58.6 Å². The number of hydrogen-bond donors (Lipinski definition) is 1. The van der Waals surface area contributed by atoms with Crippen molar-refractivity contribution in [1.29, 1.82) is 0 Å². The van der Waals surface area contributed by atoms with Crippen LogP contribution in [0.3, 0.4) is 0 Å². The summed E-state index contributed by atoms with van der Waals surface area (Å²) in [6.45, 7) is 6.43. The summed E-state index contributed by atoms with van der Waals surface area (Å²) in [6, 6.07) is 6.89. The molecule has 2 rings (SSSR count). The van der Waals surface area contributed by atoms with Gasteiger partial charge in [0.1, 0.15) is 0 Å². The van der Waals surface area contributed by atoms with Gasteiger partial charge in [0.15, 0.2) is 0 Å². The van der Waals surface area contributed by atoms with Crippen LogP contribution in [-0.4, -0.2) is 51.6 Å². The molecule has 0 unspecified atom stereocenters. The molecule has 7 heteroatoms. The van der Waals surface area contributed by atoms with Gasteiger partial charge in [0.25, 0.3) is 0 Å². The van der Waals surface area contributed by atoms with E-state index in [0.717, 1.165) is 56.3 Å². The van der Waals surface area contributed by atoms with Crippen LogP contribution < -0.4 is 5.32 Å². The summed E-state index contributed by atoms with van der Waals surface area (Å²) in [5.41, 5.74) is 0. The highest BCUT2D eigenvalue weighted by atomic mass is 79.9. The van der Waals surface area contributed by atoms with Crippen molar-refractivity contribution in [1.82, 2.24) is 9.62 Å². The van der Waals surface area contributed by atoms with Crippen molar-refractivity contribution in [3.05, 3.63) is 41.4 Å². The third-order valence-corrected chi connectivity index (χ3v) is 7.99. The number of halogens is 1. The van der Waals surface area contributed by atoms with Crippen LogP contribution in [0.5, 0.6) is 0 Å². The van der Waals surface area contributed by atoms with Gasteiger partial charge >= 0.3 is 0 Å². The van der Waals surface area contributed by atoms with Crippen molar-refractivity contribution in [3.8, 4) is 0 Å². The summed E-state index contributed by atoms with van der Waals surface area (Å²) in [6.07, 6.45) is 10.4. The summed E-state index contributed by atoms with van der Waals surface area (Å²) in [4.78, 5) is 0.348. The van der Waals surface area contributed by atoms with Crippen LogP contribution in [0.15, 0.2) is 46.3 Å². The molecule has 164 valence electrons. The Morgan fingerprint density at radius 2 is 1.79 bits per heavy atom. The minimum absolute atomic E-state index is 0.0477. The minimum atomic E-state index is -3.45. The normalized spacial score (nSPS) is 20.1. The largest absolute Gasteiger partial charge is 0.378 e. The Labute approximate surface area is 185 Å². The van der Waals surface area contributed by atoms with Gasteiger partial charge in [-0.15, -0.1) is 6.58 Å². The van der Waals surface area contributed by atoms with E-state index in [-0.39, 0.29) is 12.1 Å². The third kappa shape index (κ3) is 8.13. The van der Waals surface area contributed by atoms with Gasteiger partial charge in [0, 0.05) is 30.7 Å². The highest BCUT2D eigenvalue weighted by molar-refractivity contribution is 9.10. The number of sulfonamides is 1. The standard InChI is InChI=1S/C22H35BrN2O3S/c1-3-16-24-17-6-4-5-7-18-28-21-12-10-20(11-13-21)25(2)29(26,27)22-14-8-19(23)9-15-22/h3,8-9,14-15,20-21,24H,1,4-7,10-13,16-18H2,2H3/t20-,21-. The molecule has 0 amide bonds. The zero-order chi connectivity index (χ0) is 21.1. The molecule has 1 aliphatic rings. The molecule has 29 heavy (non-hydrogen) atoms. The maximum atomic E-state index is 12.8. The van der Waals surface area contributed by atoms with E-state index in [1.807, 2.05) is 6.08 Å². The van der Waals surface area contributed by atoms with Crippen molar-refractivity contribution < 1.29 is 13.2 Å². The molecule has 1 fully saturated rings. The highest BCUT2D eigenvalue weighted by Gasteiger charge is 2.31. The third-order valence-electron chi connectivity index (χ3n) is 5.54. The molecule has 1 aliphatic carbocycles. The smallest absolute Gasteiger partial charge is 0.243 e. The van der Waals surface area contributed by atoms with Crippen LogP contribution in [0.4, 0.5) is 0 Å². The monoisotopic (exact) mass is 486 g/mol. The maximum Gasteiger partial charge on any atom is 0.243 e. The first-order chi connectivity index (χ1) is 13.9. The van der Waals surface area contributed by atoms with E-state index < -0.39 is 10.0 Å². The molecular formula is C22H35BrN2O3S. The number of rotatable bonds is 13. The van der Waals surface area contributed by atoms with Gasteiger partial charge in [-0.1, -0.05) is 34.8 Å². The number of nitrogens with zero attached hydrogens (tertiary/aromatic N) is 1. The van der Waals surface area contributed by atoms with Crippen LogP contribution in [0, 0.1) is 0 Å². The SMILES string of the molecule is C=CCNCCCCCCO[C@H]1CC[C@H](N(C)S(=O)(=O)c2ccc(Br)cc2)CC1. The van der Waals surface area contributed by atoms with Crippen LogP contribution in [-0.2, 0) is 14.8 Å². The zero-order valence-corrected chi connectivity index (χ0v) is 19.9. The summed E-state index contributed by atoms with van der Waals surface area (Å²) >= 11 is 3.35. The maximum absolute atomic E-state index is 12.8. The Balaban J connectivity index is 1.64. The Morgan fingerprint density at radius 3 is 2.45 bits per heavy atom. The Kier molecular flexibility index (Phi) is 10.9. The molecule has 0 bridgehead atoms. The molecule has 0 heterocycles. The van der Waals surface area contributed by atoms with Gasteiger partial charge in [-0.3, -0.25) is 0 Å². The van der Waals surface area contributed by atoms with Crippen LogP contribution in [0.2, 0.25) is 0 Å². The summed E-state index contributed by atoms with van der Waals surface area (Å²) < 4.78 is 34.2. The minimum Gasteiger partial charge on any atom is -0.378 e. The quantitative estimate of drug-likeness (QED) is 0.323. The number of nitrogens with one attached hydrogen (secondary N) is 1. The number of unbranched alkanes of at least 4 members (excludes halogenated alkanes) is 3. The zero-order valence-electron chi connectivity index (χ0n) is 17.5. The lowest BCUT2D eigenvalue weighted by atomic mass is 9.93. The molecule has 1 aromatic carbocycles. The fraction of sp³-hybridized carbons (Fsp3) is 0.636. The van der Waals surface area contributed by atoms with Crippen molar-refractivity contribution in [2.45, 2.75) is 68.4 Å². The van der Waals surface area contributed by atoms with E-state index in [1.54, 1.807) is 35.6 Å².